The largest absolute Gasteiger partial charge is 0.492 e. The minimum Gasteiger partial charge on any atom is -0.492 e. The highest BCUT2D eigenvalue weighted by Gasteiger charge is 2.56. The van der Waals surface area contributed by atoms with Crippen LogP contribution in [0, 0.1) is 24.7 Å². The molecule has 11 heteroatoms. The molecule has 194 valence electrons. The van der Waals surface area contributed by atoms with Crippen molar-refractivity contribution in [3.05, 3.63) is 33.3 Å². The number of rotatable bonds is 6. The number of nitrogens with zero attached hydrogens (tertiary/aromatic N) is 4. The van der Waals surface area contributed by atoms with E-state index in [0.29, 0.717) is 24.1 Å². The fraction of sp³-hybridized carbons (Fsp3) is 0.600. The zero-order valence-electron chi connectivity index (χ0n) is 20.6. The van der Waals surface area contributed by atoms with Crippen molar-refractivity contribution in [2.75, 3.05) is 13.1 Å². The Morgan fingerprint density at radius 2 is 1.83 bits per heavy atom. The number of amides is 2. The average Bonchev–Trinajstić information content (AvgIpc) is 3.54. The number of hydrogen-bond donors (Lipinski definition) is 2. The van der Waals surface area contributed by atoms with Gasteiger partial charge in [0.15, 0.2) is 5.56 Å². The summed E-state index contributed by atoms with van der Waals surface area (Å²) in [6.45, 7) is 5.80. The summed E-state index contributed by atoms with van der Waals surface area (Å²) in [5.41, 5.74) is 0.143. The number of aromatic nitrogens is 3. The first-order valence-corrected chi connectivity index (χ1v) is 12.5. The molecule has 2 aliphatic carbocycles. The number of halogens is 2. The molecule has 1 aliphatic heterocycles. The summed E-state index contributed by atoms with van der Waals surface area (Å²) >= 11 is 0. The van der Waals surface area contributed by atoms with Crippen LogP contribution in [0.25, 0.3) is 11.7 Å². The molecule has 0 aromatic carbocycles. The van der Waals surface area contributed by atoms with Crippen LogP contribution in [0.3, 0.4) is 0 Å². The maximum atomic E-state index is 14.3. The maximum absolute atomic E-state index is 14.3. The first-order chi connectivity index (χ1) is 17.0. The first kappa shape index (κ1) is 24.5. The number of carbonyl (C=O) groups is 2. The minimum absolute atomic E-state index is 0.000570. The second kappa shape index (κ2) is 8.70. The smallest absolute Gasteiger partial charge is 0.270 e. The van der Waals surface area contributed by atoms with E-state index in [1.54, 1.807) is 6.92 Å². The standard InChI is InChI=1S/C25H31F2N5O4/c1-13(2)10-31-22-18(8-9-19(33)30-11-15-4-5-16(12-30)25(15,26)27)14(3)29-32(22)24(36)20(23(31)35)21(34)28-17-6-7-17/h8-9,13,15-17,36H,4-7,10-12H2,1-3H3,(H,28,34)/b9-8+. The van der Waals surface area contributed by atoms with Gasteiger partial charge in [0.25, 0.3) is 17.4 Å². The molecule has 3 heterocycles. The molecular weight excluding hydrogens is 472 g/mol. The van der Waals surface area contributed by atoms with Crippen LogP contribution in [0.2, 0.25) is 0 Å². The molecular formula is C25H31F2N5O4. The lowest BCUT2D eigenvalue weighted by atomic mass is 9.94. The van der Waals surface area contributed by atoms with Crippen LogP contribution in [-0.2, 0) is 11.3 Å². The van der Waals surface area contributed by atoms with Gasteiger partial charge in [-0.2, -0.15) is 9.61 Å². The van der Waals surface area contributed by atoms with E-state index in [1.165, 1.54) is 21.6 Å². The molecule has 2 unspecified atom stereocenters. The molecule has 3 aliphatic rings. The zero-order chi connectivity index (χ0) is 25.9. The van der Waals surface area contributed by atoms with Crippen LogP contribution < -0.4 is 10.9 Å². The lowest BCUT2D eigenvalue weighted by Gasteiger charge is -2.37. The molecule has 1 saturated heterocycles. The molecule has 2 atom stereocenters. The number of hydrogen-bond acceptors (Lipinski definition) is 5. The third kappa shape index (κ3) is 4.08. The normalized spacial score (nSPS) is 23.2. The number of aryl methyl sites for hydroxylation is 1. The van der Waals surface area contributed by atoms with Crippen molar-refractivity contribution >= 4 is 23.5 Å². The highest BCUT2D eigenvalue weighted by Crippen LogP contribution is 2.48. The second-order valence-corrected chi connectivity index (χ2v) is 10.7. The van der Waals surface area contributed by atoms with Gasteiger partial charge in [0.2, 0.25) is 11.8 Å². The number of piperidine rings is 1. The fourth-order valence-corrected chi connectivity index (χ4v) is 5.37. The van der Waals surface area contributed by atoms with Crippen molar-refractivity contribution < 1.29 is 23.5 Å². The molecule has 2 amide bonds. The summed E-state index contributed by atoms with van der Waals surface area (Å²) in [5.74, 6) is -5.92. The Bertz CT molecular complexity index is 1310. The molecule has 36 heavy (non-hydrogen) atoms. The fourth-order valence-electron chi connectivity index (χ4n) is 5.37. The van der Waals surface area contributed by atoms with E-state index in [4.69, 9.17) is 0 Å². The topological polar surface area (TPSA) is 109 Å². The van der Waals surface area contributed by atoms with Crippen molar-refractivity contribution in [2.24, 2.45) is 17.8 Å². The van der Waals surface area contributed by atoms with E-state index in [9.17, 15) is 28.3 Å². The number of nitrogens with one attached hydrogen (secondary N) is 1. The molecule has 9 nitrogen and oxygen atoms in total. The highest BCUT2D eigenvalue weighted by molar-refractivity contribution is 5.97. The van der Waals surface area contributed by atoms with Crippen LogP contribution in [0.5, 0.6) is 5.88 Å². The number of carbonyl (C=O) groups excluding carboxylic acids is 2. The predicted molar refractivity (Wildman–Crippen MR) is 128 cm³/mol. The van der Waals surface area contributed by atoms with Gasteiger partial charge in [-0.05, 0) is 44.6 Å². The number of fused-ring (bicyclic) bond motifs is 3. The number of aromatic hydroxyl groups is 1. The van der Waals surface area contributed by atoms with E-state index >= 15 is 0 Å². The van der Waals surface area contributed by atoms with Gasteiger partial charge in [0.05, 0.1) is 5.69 Å². The van der Waals surface area contributed by atoms with Crippen LogP contribution in [-0.4, -0.2) is 61.1 Å². The lowest BCUT2D eigenvalue weighted by molar-refractivity contribution is -0.144. The molecule has 2 aromatic rings. The molecule has 0 radical (unpaired) electrons. The Labute approximate surface area is 206 Å². The lowest BCUT2D eigenvalue weighted by Crippen LogP contribution is -2.50. The summed E-state index contributed by atoms with van der Waals surface area (Å²) in [4.78, 5) is 40.5. The van der Waals surface area contributed by atoms with Gasteiger partial charge in [-0.3, -0.25) is 19.0 Å². The van der Waals surface area contributed by atoms with E-state index in [-0.39, 0.29) is 48.7 Å². The summed E-state index contributed by atoms with van der Waals surface area (Å²) in [7, 11) is 0. The Kier molecular flexibility index (Phi) is 5.91. The van der Waals surface area contributed by atoms with Crippen molar-refractivity contribution in [1.29, 1.82) is 0 Å². The summed E-state index contributed by atoms with van der Waals surface area (Å²) in [6.07, 6.45) is 5.30. The zero-order valence-corrected chi connectivity index (χ0v) is 20.6. The van der Waals surface area contributed by atoms with Crippen molar-refractivity contribution in [3.8, 4) is 5.88 Å². The van der Waals surface area contributed by atoms with Crippen LogP contribution in [0.1, 0.15) is 61.1 Å². The molecule has 2 saturated carbocycles. The van der Waals surface area contributed by atoms with Crippen LogP contribution in [0.4, 0.5) is 8.78 Å². The van der Waals surface area contributed by atoms with Crippen molar-refractivity contribution in [1.82, 2.24) is 24.4 Å². The third-order valence-corrected chi connectivity index (χ3v) is 7.45. The van der Waals surface area contributed by atoms with E-state index in [0.717, 1.165) is 17.4 Å². The van der Waals surface area contributed by atoms with Gasteiger partial charge in [-0.1, -0.05) is 13.8 Å². The van der Waals surface area contributed by atoms with Gasteiger partial charge < -0.3 is 15.3 Å². The summed E-state index contributed by atoms with van der Waals surface area (Å²) < 4.78 is 31.1. The van der Waals surface area contributed by atoms with E-state index in [2.05, 4.69) is 10.4 Å². The average molecular weight is 504 g/mol. The molecule has 2 N–H and O–H groups in total. The Morgan fingerprint density at radius 3 is 2.42 bits per heavy atom. The van der Waals surface area contributed by atoms with Crippen LogP contribution >= 0.6 is 0 Å². The second-order valence-electron chi connectivity index (χ2n) is 10.7. The Balaban J connectivity index is 1.52. The molecule has 3 fully saturated rings. The SMILES string of the molecule is Cc1nn2c(O)c(C(=O)NC3CC3)c(=O)n(CC(C)C)c2c1/C=C/C(=O)N1CC2CCC(C1)C2(F)F. The molecule has 5 rings (SSSR count). The van der Waals surface area contributed by atoms with Gasteiger partial charge in [0.1, 0.15) is 5.65 Å². The summed E-state index contributed by atoms with van der Waals surface area (Å²) in [6, 6.07) is -0.000570. The van der Waals surface area contributed by atoms with E-state index < -0.39 is 35.1 Å². The summed E-state index contributed by atoms with van der Waals surface area (Å²) in [5, 5.41) is 18.0. The Morgan fingerprint density at radius 1 is 1.19 bits per heavy atom. The van der Waals surface area contributed by atoms with Gasteiger partial charge >= 0.3 is 0 Å². The monoisotopic (exact) mass is 503 g/mol. The minimum atomic E-state index is -2.73. The molecule has 0 spiro atoms. The Hall–Kier alpha value is -3.24. The van der Waals surface area contributed by atoms with Gasteiger partial charge in [0, 0.05) is 49.2 Å². The van der Waals surface area contributed by atoms with E-state index in [1.807, 2.05) is 13.8 Å². The van der Waals surface area contributed by atoms with Crippen molar-refractivity contribution in [3.63, 3.8) is 0 Å². The van der Waals surface area contributed by atoms with Crippen molar-refractivity contribution in [2.45, 2.75) is 65.0 Å². The predicted octanol–water partition coefficient (Wildman–Crippen LogP) is 2.58. The maximum Gasteiger partial charge on any atom is 0.270 e. The molecule has 2 bridgehead atoms. The van der Waals surface area contributed by atoms with Crippen LogP contribution in [0.15, 0.2) is 10.9 Å². The number of alkyl halides is 2. The van der Waals surface area contributed by atoms with Gasteiger partial charge in [-0.25, -0.2) is 8.78 Å². The third-order valence-electron chi connectivity index (χ3n) is 7.45. The highest BCUT2D eigenvalue weighted by atomic mass is 19.3. The molecule has 2 aromatic heterocycles. The first-order valence-electron chi connectivity index (χ1n) is 12.5. The number of likely N-dealkylation sites (tertiary alicyclic amines) is 1. The quantitative estimate of drug-likeness (QED) is 0.589. The van der Waals surface area contributed by atoms with Gasteiger partial charge in [-0.15, -0.1) is 0 Å².